The summed E-state index contributed by atoms with van der Waals surface area (Å²) in [7, 11) is 0. The zero-order valence-electron chi connectivity index (χ0n) is 13.7. The van der Waals surface area contributed by atoms with E-state index in [2.05, 4.69) is 56.1 Å². The van der Waals surface area contributed by atoms with E-state index in [0.29, 0.717) is 23.7 Å². The number of nitrogen functional groups attached to an aromatic ring is 1. The van der Waals surface area contributed by atoms with Crippen molar-refractivity contribution in [2.75, 3.05) is 30.3 Å². The molecule has 0 saturated carbocycles. The van der Waals surface area contributed by atoms with Gasteiger partial charge in [0.05, 0.1) is 0 Å². The van der Waals surface area contributed by atoms with E-state index in [1.54, 1.807) is 6.33 Å². The van der Waals surface area contributed by atoms with E-state index >= 15 is 0 Å². The lowest BCUT2D eigenvalue weighted by Crippen LogP contribution is -2.44. The van der Waals surface area contributed by atoms with E-state index in [4.69, 9.17) is 5.73 Å². The van der Waals surface area contributed by atoms with Crippen LogP contribution in [0.2, 0.25) is 0 Å². The van der Waals surface area contributed by atoms with Crippen LogP contribution in [-0.2, 0) is 0 Å². The number of benzene rings is 1. The molecule has 2 aliphatic heterocycles. The average molecular weight is 324 g/mol. The summed E-state index contributed by atoms with van der Waals surface area (Å²) >= 11 is 0. The summed E-state index contributed by atoms with van der Waals surface area (Å²) in [6.07, 6.45) is 3.86. The molecule has 3 heterocycles. The number of hydrogen-bond donors (Lipinski definition) is 3. The van der Waals surface area contributed by atoms with E-state index in [0.717, 1.165) is 38.3 Å². The molecule has 2 saturated heterocycles. The van der Waals surface area contributed by atoms with Crippen molar-refractivity contribution in [3.8, 4) is 0 Å². The van der Waals surface area contributed by atoms with E-state index in [1.165, 1.54) is 5.56 Å². The number of nitrogens with two attached hydrogens (primary N) is 1. The topological polar surface area (TPSA) is 79.1 Å². The van der Waals surface area contributed by atoms with Gasteiger partial charge in [-0.2, -0.15) is 0 Å². The molecule has 2 atom stereocenters. The van der Waals surface area contributed by atoms with Gasteiger partial charge in [-0.1, -0.05) is 30.3 Å². The molecule has 0 radical (unpaired) electrons. The molecular formula is C18H24N6. The lowest BCUT2D eigenvalue weighted by atomic mass is 9.80. The van der Waals surface area contributed by atoms with Crippen LogP contribution < -0.4 is 21.5 Å². The lowest BCUT2D eigenvalue weighted by Gasteiger charge is -2.37. The smallest absolute Gasteiger partial charge is 0.134 e. The van der Waals surface area contributed by atoms with Crippen LogP contribution in [0.15, 0.2) is 42.7 Å². The van der Waals surface area contributed by atoms with Gasteiger partial charge in [-0.05, 0) is 24.3 Å². The Morgan fingerprint density at radius 3 is 2.62 bits per heavy atom. The van der Waals surface area contributed by atoms with Gasteiger partial charge in [-0.15, -0.1) is 0 Å². The molecule has 2 fully saturated rings. The zero-order chi connectivity index (χ0) is 16.4. The van der Waals surface area contributed by atoms with Crippen LogP contribution >= 0.6 is 0 Å². The van der Waals surface area contributed by atoms with Gasteiger partial charge in [0, 0.05) is 37.7 Å². The molecule has 0 amide bonds. The van der Waals surface area contributed by atoms with E-state index in [1.807, 2.05) is 6.07 Å². The van der Waals surface area contributed by atoms with Crippen molar-refractivity contribution in [3.05, 3.63) is 48.3 Å². The largest absolute Gasteiger partial charge is 0.384 e. The first-order chi connectivity index (χ1) is 11.8. The predicted octanol–water partition coefficient (Wildman–Crippen LogP) is 1.54. The molecule has 6 heteroatoms. The molecule has 0 aliphatic carbocycles. The quantitative estimate of drug-likeness (QED) is 0.795. The van der Waals surface area contributed by atoms with E-state index in [9.17, 15) is 0 Å². The van der Waals surface area contributed by atoms with Crippen molar-refractivity contribution in [1.29, 1.82) is 0 Å². The Kier molecular flexibility index (Phi) is 4.32. The van der Waals surface area contributed by atoms with Crippen LogP contribution in [0.4, 0.5) is 11.6 Å². The fourth-order valence-electron chi connectivity index (χ4n) is 4.01. The van der Waals surface area contributed by atoms with Gasteiger partial charge in [0.1, 0.15) is 18.0 Å². The Morgan fingerprint density at radius 1 is 1.08 bits per heavy atom. The molecule has 6 nitrogen and oxygen atoms in total. The van der Waals surface area contributed by atoms with Crippen LogP contribution in [0, 0.1) is 5.92 Å². The van der Waals surface area contributed by atoms with Gasteiger partial charge in [-0.25, -0.2) is 9.97 Å². The molecule has 2 aliphatic rings. The summed E-state index contributed by atoms with van der Waals surface area (Å²) in [4.78, 5) is 10.6. The van der Waals surface area contributed by atoms with E-state index in [-0.39, 0.29) is 0 Å². The highest BCUT2D eigenvalue weighted by Crippen LogP contribution is 2.33. The molecule has 24 heavy (non-hydrogen) atoms. The maximum Gasteiger partial charge on any atom is 0.134 e. The lowest BCUT2D eigenvalue weighted by molar-refractivity contribution is 0.295. The Hall–Kier alpha value is -2.18. The summed E-state index contributed by atoms with van der Waals surface area (Å²) in [5, 5.41) is 0. The molecular weight excluding hydrogens is 300 g/mol. The van der Waals surface area contributed by atoms with Crippen LogP contribution in [0.3, 0.4) is 0 Å². The fourth-order valence-corrected chi connectivity index (χ4v) is 4.01. The highest BCUT2D eigenvalue weighted by Gasteiger charge is 2.36. The average Bonchev–Trinajstić information content (AvgIpc) is 3.12. The first-order valence-electron chi connectivity index (χ1n) is 8.67. The number of nitrogens with one attached hydrogen (secondary N) is 2. The molecule has 1 aromatic heterocycles. The van der Waals surface area contributed by atoms with Crippen molar-refractivity contribution < 1.29 is 0 Å². The second-order valence-corrected chi connectivity index (χ2v) is 6.69. The highest BCUT2D eigenvalue weighted by atomic mass is 15.4. The van der Waals surface area contributed by atoms with Crippen molar-refractivity contribution in [2.45, 2.75) is 24.8 Å². The molecule has 4 N–H and O–H groups in total. The third-order valence-corrected chi connectivity index (χ3v) is 5.30. The molecule has 1 aromatic carbocycles. The molecule has 2 aromatic rings. The highest BCUT2D eigenvalue weighted by molar-refractivity contribution is 5.46. The molecule has 0 spiro atoms. The second-order valence-electron chi connectivity index (χ2n) is 6.69. The zero-order valence-corrected chi connectivity index (χ0v) is 13.7. The van der Waals surface area contributed by atoms with Gasteiger partial charge in [-0.3, -0.25) is 10.9 Å². The van der Waals surface area contributed by atoms with Gasteiger partial charge in [0.25, 0.3) is 0 Å². The van der Waals surface area contributed by atoms with Gasteiger partial charge >= 0.3 is 0 Å². The monoisotopic (exact) mass is 324 g/mol. The van der Waals surface area contributed by atoms with Crippen molar-refractivity contribution in [2.24, 2.45) is 5.92 Å². The molecule has 0 bridgehead atoms. The molecule has 2 unspecified atom stereocenters. The number of hydrazine groups is 1. The molecule has 126 valence electrons. The number of piperidine rings is 1. The third-order valence-electron chi connectivity index (χ3n) is 5.30. The number of aromatic nitrogens is 2. The summed E-state index contributed by atoms with van der Waals surface area (Å²) in [6.45, 7) is 3.03. The van der Waals surface area contributed by atoms with Crippen LogP contribution in [-0.4, -0.2) is 35.6 Å². The number of rotatable bonds is 3. The summed E-state index contributed by atoms with van der Waals surface area (Å²) in [5.74, 6) is 2.68. The number of anilines is 2. The first kappa shape index (κ1) is 15.4. The number of nitrogens with zero attached hydrogens (tertiary/aromatic N) is 3. The molecule has 4 rings (SSSR count). The number of hydrogen-bond acceptors (Lipinski definition) is 6. The summed E-state index contributed by atoms with van der Waals surface area (Å²) < 4.78 is 0. The minimum Gasteiger partial charge on any atom is -0.384 e. The van der Waals surface area contributed by atoms with Crippen molar-refractivity contribution >= 4 is 11.6 Å². The standard InChI is InChI=1S/C18H24N6/c19-16-10-17(21-12-20-16)24-8-6-14(7-9-24)18-15(11-22-23-18)13-4-2-1-3-5-13/h1-5,10,12,14-15,18,22-23H,6-9,11H2,(H2,19,20,21). The second kappa shape index (κ2) is 6.75. The van der Waals surface area contributed by atoms with Crippen molar-refractivity contribution in [3.63, 3.8) is 0 Å². The first-order valence-corrected chi connectivity index (χ1v) is 8.67. The SMILES string of the molecule is Nc1cc(N2CCC(C3NNCC3c3ccccc3)CC2)ncn1. The van der Waals surface area contributed by atoms with E-state index < -0.39 is 0 Å². The fraction of sp³-hybridized carbons (Fsp3) is 0.444. The van der Waals surface area contributed by atoms with Gasteiger partial charge < -0.3 is 10.6 Å². The maximum absolute atomic E-state index is 5.78. The predicted molar refractivity (Wildman–Crippen MR) is 95.5 cm³/mol. The summed E-state index contributed by atoms with van der Waals surface area (Å²) in [6, 6.07) is 13.2. The maximum atomic E-state index is 5.78. The Balaban J connectivity index is 1.42. The Bertz CT molecular complexity index is 668. The van der Waals surface area contributed by atoms with Crippen LogP contribution in [0.1, 0.15) is 24.3 Å². The third kappa shape index (κ3) is 3.07. The Morgan fingerprint density at radius 2 is 1.88 bits per heavy atom. The van der Waals surface area contributed by atoms with Crippen molar-refractivity contribution in [1.82, 2.24) is 20.8 Å². The Labute approximate surface area is 142 Å². The van der Waals surface area contributed by atoms with Gasteiger partial charge in [0.2, 0.25) is 0 Å². The van der Waals surface area contributed by atoms with Gasteiger partial charge in [0.15, 0.2) is 0 Å². The normalized spacial score (nSPS) is 25.1. The van der Waals surface area contributed by atoms with Crippen LogP contribution in [0.25, 0.3) is 0 Å². The summed E-state index contributed by atoms with van der Waals surface area (Å²) in [5.41, 5.74) is 14.1. The minimum atomic E-state index is 0.491. The van der Waals surface area contributed by atoms with Crippen LogP contribution in [0.5, 0.6) is 0 Å². The minimum absolute atomic E-state index is 0.491.